The third kappa shape index (κ3) is 8.06. The van der Waals surface area contributed by atoms with Crippen LogP contribution in [0.25, 0.3) is 11.1 Å². The maximum absolute atomic E-state index is 15.1. The quantitative estimate of drug-likeness (QED) is 0.182. The van der Waals surface area contributed by atoms with E-state index in [-0.39, 0.29) is 11.9 Å². The zero-order valence-corrected chi connectivity index (χ0v) is 22.9. The number of ether oxygens (including phenoxy) is 2. The lowest BCUT2D eigenvalue weighted by Gasteiger charge is -2.29. The molecule has 202 valence electrons. The molecule has 2 aromatic rings. The molecule has 0 heterocycles. The van der Waals surface area contributed by atoms with Crippen LogP contribution in [0.3, 0.4) is 0 Å². The van der Waals surface area contributed by atoms with Crippen molar-refractivity contribution >= 4 is 6.16 Å². The Bertz CT molecular complexity index is 970. The summed E-state index contributed by atoms with van der Waals surface area (Å²) in [5.41, 5.74) is 2.48. The van der Waals surface area contributed by atoms with Crippen molar-refractivity contribution in [2.75, 3.05) is 0 Å². The fourth-order valence-electron chi connectivity index (χ4n) is 6.39. The van der Waals surface area contributed by atoms with Gasteiger partial charge < -0.3 is 9.47 Å². The number of hydrogen-bond donors (Lipinski definition) is 0. The molecule has 3 nitrogen and oxygen atoms in total. The predicted molar refractivity (Wildman–Crippen MR) is 148 cm³/mol. The number of rotatable bonds is 10. The molecule has 0 radical (unpaired) electrons. The third-order valence-electron chi connectivity index (χ3n) is 8.65. The van der Waals surface area contributed by atoms with Crippen LogP contribution in [-0.4, -0.2) is 12.3 Å². The van der Waals surface area contributed by atoms with Crippen molar-refractivity contribution in [2.45, 2.75) is 116 Å². The van der Waals surface area contributed by atoms with E-state index in [0.29, 0.717) is 17.2 Å². The molecular formula is C33H45FO3. The largest absolute Gasteiger partial charge is 0.514 e. The van der Waals surface area contributed by atoms with E-state index in [2.05, 4.69) is 19.9 Å². The summed E-state index contributed by atoms with van der Waals surface area (Å²) in [6.07, 6.45) is 16.0. The van der Waals surface area contributed by atoms with Crippen LogP contribution >= 0.6 is 0 Å². The minimum absolute atomic E-state index is 0.0522. The van der Waals surface area contributed by atoms with Gasteiger partial charge in [-0.3, -0.25) is 0 Å². The van der Waals surface area contributed by atoms with Crippen molar-refractivity contribution in [3.63, 3.8) is 0 Å². The van der Waals surface area contributed by atoms with Gasteiger partial charge in [-0.1, -0.05) is 76.6 Å². The summed E-state index contributed by atoms with van der Waals surface area (Å²) in [6, 6.07) is 12.8. The molecule has 4 rings (SSSR count). The van der Waals surface area contributed by atoms with Gasteiger partial charge in [0.1, 0.15) is 17.7 Å². The van der Waals surface area contributed by atoms with Gasteiger partial charge in [0.25, 0.3) is 0 Å². The summed E-state index contributed by atoms with van der Waals surface area (Å²) in [5.74, 6) is 2.31. The van der Waals surface area contributed by atoms with Crippen molar-refractivity contribution in [3.05, 3.63) is 53.8 Å². The Kier molecular flexibility index (Phi) is 10.5. The first-order valence-corrected chi connectivity index (χ1v) is 14.8. The molecule has 2 aromatic carbocycles. The maximum Gasteiger partial charge on any atom is 0.514 e. The monoisotopic (exact) mass is 508 g/mol. The molecule has 2 aliphatic rings. The van der Waals surface area contributed by atoms with Gasteiger partial charge in [0.05, 0.1) is 0 Å². The Labute approximate surface area is 223 Å². The number of carbonyl (C=O) groups is 1. The van der Waals surface area contributed by atoms with Crippen molar-refractivity contribution in [3.8, 4) is 16.9 Å². The second-order valence-electron chi connectivity index (χ2n) is 11.4. The maximum atomic E-state index is 15.1. The highest BCUT2D eigenvalue weighted by atomic mass is 19.1. The molecule has 0 N–H and O–H groups in total. The van der Waals surface area contributed by atoms with E-state index in [1.165, 1.54) is 51.4 Å². The number of halogens is 1. The average molecular weight is 509 g/mol. The fraction of sp³-hybridized carbons (Fsp3) is 0.606. The molecule has 2 fully saturated rings. The summed E-state index contributed by atoms with van der Waals surface area (Å²) in [7, 11) is 0. The van der Waals surface area contributed by atoms with Crippen molar-refractivity contribution in [2.24, 2.45) is 11.8 Å². The highest BCUT2D eigenvalue weighted by Gasteiger charge is 2.25. The van der Waals surface area contributed by atoms with Crippen LogP contribution in [-0.2, 0) is 4.74 Å². The first kappa shape index (κ1) is 27.7. The zero-order valence-electron chi connectivity index (χ0n) is 22.9. The highest BCUT2D eigenvalue weighted by Crippen LogP contribution is 2.39. The first-order valence-electron chi connectivity index (χ1n) is 14.8. The molecule has 4 heteroatoms. The van der Waals surface area contributed by atoms with Crippen LogP contribution < -0.4 is 4.74 Å². The standard InChI is InChI=1S/C33H45FO3/c1-3-5-6-8-25-9-13-26(14-10-25)28-17-22-31(32(34)23-28)27-15-20-30(21-16-27)37-33(35)36-29-18-11-24(7-4-2)12-19-29/h15-17,20-26,29H,3-14,18-19H2,1-2H3. The number of benzene rings is 2. The normalized spacial score (nSPS) is 24.0. The zero-order chi connectivity index (χ0) is 26.0. The molecule has 0 bridgehead atoms. The molecule has 2 saturated carbocycles. The summed E-state index contributed by atoms with van der Waals surface area (Å²) in [6.45, 7) is 4.48. The molecule has 37 heavy (non-hydrogen) atoms. The molecule has 0 saturated heterocycles. The van der Waals surface area contributed by atoms with E-state index in [1.54, 1.807) is 30.3 Å². The van der Waals surface area contributed by atoms with Gasteiger partial charge in [-0.2, -0.15) is 0 Å². The lowest BCUT2D eigenvalue weighted by atomic mass is 9.77. The number of carbonyl (C=O) groups excluding carboxylic acids is 1. The van der Waals surface area contributed by atoms with Gasteiger partial charge in [0.15, 0.2) is 0 Å². The van der Waals surface area contributed by atoms with Gasteiger partial charge in [-0.15, -0.1) is 0 Å². The molecule has 0 aliphatic heterocycles. The third-order valence-corrected chi connectivity index (χ3v) is 8.65. The molecule has 0 aromatic heterocycles. The lowest BCUT2D eigenvalue weighted by Crippen LogP contribution is -2.26. The Morgan fingerprint density at radius 2 is 1.49 bits per heavy atom. The molecule has 2 aliphatic carbocycles. The summed E-state index contributed by atoms with van der Waals surface area (Å²) < 4.78 is 26.0. The molecule has 0 atom stereocenters. The summed E-state index contributed by atoms with van der Waals surface area (Å²) in [5, 5.41) is 0. The minimum Gasteiger partial charge on any atom is -0.431 e. The van der Waals surface area contributed by atoms with Gasteiger partial charge in [0.2, 0.25) is 0 Å². The van der Waals surface area contributed by atoms with Crippen LogP contribution in [0.15, 0.2) is 42.5 Å². The Hall–Kier alpha value is -2.36. The van der Waals surface area contributed by atoms with Gasteiger partial charge in [-0.25, -0.2) is 9.18 Å². The lowest BCUT2D eigenvalue weighted by molar-refractivity contribution is 0.0330. The highest BCUT2D eigenvalue weighted by molar-refractivity contribution is 5.68. The molecule has 0 spiro atoms. The van der Waals surface area contributed by atoms with Crippen LogP contribution in [0.4, 0.5) is 9.18 Å². The van der Waals surface area contributed by atoms with E-state index >= 15 is 4.39 Å². The van der Waals surface area contributed by atoms with Crippen LogP contribution in [0.2, 0.25) is 0 Å². The smallest absolute Gasteiger partial charge is 0.431 e. The van der Waals surface area contributed by atoms with Crippen LogP contribution in [0, 0.1) is 17.7 Å². The number of hydrogen-bond acceptors (Lipinski definition) is 3. The Morgan fingerprint density at radius 3 is 2.14 bits per heavy atom. The topological polar surface area (TPSA) is 35.5 Å². The van der Waals surface area contributed by atoms with E-state index in [1.807, 2.05) is 6.07 Å². The second kappa shape index (κ2) is 14.0. The SMILES string of the molecule is CCCCCC1CCC(c2ccc(-c3ccc(OC(=O)OC4CCC(CCC)CC4)cc3)c(F)c2)CC1. The summed E-state index contributed by atoms with van der Waals surface area (Å²) in [4.78, 5) is 12.3. The van der Waals surface area contributed by atoms with E-state index in [0.717, 1.165) is 61.5 Å². The van der Waals surface area contributed by atoms with Crippen molar-refractivity contribution in [1.82, 2.24) is 0 Å². The Morgan fingerprint density at radius 1 is 0.811 bits per heavy atom. The van der Waals surface area contributed by atoms with Crippen LogP contribution in [0.1, 0.15) is 115 Å². The molecular weight excluding hydrogens is 463 g/mol. The number of unbranched alkanes of at least 4 members (excludes halogenated alkanes) is 2. The minimum atomic E-state index is -0.651. The van der Waals surface area contributed by atoms with E-state index in [4.69, 9.17) is 9.47 Å². The van der Waals surface area contributed by atoms with Crippen molar-refractivity contribution < 1.29 is 18.7 Å². The second-order valence-corrected chi connectivity index (χ2v) is 11.4. The van der Waals surface area contributed by atoms with Gasteiger partial charge in [-0.05, 0) is 98.4 Å². The molecule has 0 amide bonds. The van der Waals surface area contributed by atoms with Crippen molar-refractivity contribution in [1.29, 1.82) is 0 Å². The fourth-order valence-corrected chi connectivity index (χ4v) is 6.39. The summed E-state index contributed by atoms with van der Waals surface area (Å²) >= 11 is 0. The first-order chi connectivity index (χ1) is 18.1. The van der Waals surface area contributed by atoms with Gasteiger partial charge in [0, 0.05) is 5.56 Å². The predicted octanol–water partition coefficient (Wildman–Crippen LogP) is 10.2. The van der Waals surface area contributed by atoms with Gasteiger partial charge >= 0.3 is 6.16 Å². The van der Waals surface area contributed by atoms with Crippen LogP contribution in [0.5, 0.6) is 5.75 Å². The van der Waals surface area contributed by atoms with E-state index in [9.17, 15) is 4.79 Å². The Balaban J connectivity index is 1.26. The average Bonchev–Trinajstić information content (AvgIpc) is 2.91. The molecule has 0 unspecified atom stereocenters. The van der Waals surface area contributed by atoms with E-state index < -0.39 is 6.16 Å².